The van der Waals surface area contributed by atoms with Gasteiger partial charge in [0.05, 0.1) is 6.10 Å². The lowest BCUT2D eigenvalue weighted by Crippen LogP contribution is -2.43. The summed E-state index contributed by atoms with van der Waals surface area (Å²) in [5.74, 6) is -0.145. The van der Waals surface area contributed by atoms with Crippen LogP contribution in [0.25, 0.3) is 0 Å². The van der Waals surface area contributed by atoms with E-state index in [9.17, 15) is 4.39 Å². The molecule has 1 rings (SSSR count). The van der Waals surface area contributed by atoms with Gasteiger partial charge in [-0.25, -0.2) is 4.39 Å². The van der Waals surface area contributed by atoms with Crippen molar-refractivity contribution in [2.75, 3.05) is 13.2 Å². The van der Waals surface area contributed by atoms with Crippen LogP contribution in [0, 0.1) is 5.82 Å². The molecule has 0 fully saturated rings. The van der Waals surface area contributed by atoms with E-state index in [1.807, 2.05) is 13.0 Å². The number of rotatable bonds is 10. The summed E-state index contributed by atoms with van der Waals surface area (Å²) >= 11 is 3.42. The van der Waals surface area contributed by atoms with Gasteiger partial charge in [0, 0.05) is 17.1 Å². The van der Waals surface area contributed by atoms with Crippen molar-refractivity contribution in [1.82, 2.24) is 5.32 Å². The van der Waals surface area contributed by atoms with Crippen LogP contribution in [-0.2, 0) is 11.2 Å². The van der Waals surface area contributed by atoms with Gasteiger partial charge in [-0.15, -0.1) is 0 Å². The van der Waals surface area contributed by atoms with Gasteiger partial charge in [0.2, 0.25) is 0 Å². The second kappa shape index (κ2) is 10.3. The molecule has 0 heterocycles. The molecule has 0 bridgehead atoms. The first-order valence-corrected chi connectivity index (χ1v) is 8.70. The van der Waals surface area contributed by atoms with Crippen molar-refractivity contribution in [3.8, 4) is 0 Å². The average Bonchev–Trinajstić information content (AvgIpc) is 2.47. The summed E-state index contributed by atoms with van der Waals surface area (Å²) < 4.78 is 20.8. The van der Waals surface area contributed by atoms with Crippen LogP contribution in [-0.4, -0.2) is 25.3 Å². The SMILES string of the molecule is CCCNC(Cc1cc(Br)ccc1F)C(CCC)OCC. The van der Waals surface area contributed by atoms with E-state index in [0.29, 0.717) is 13.0 Å². The van der Waals surface area contributed by atoms with Crippen LogP contribution in [0.1, 0.15) is 45.6 Å². The fraction of sp³-hybridized carbons (Fsp3) is 0.647. The lowest BCUT2D eigenvalue weighted by Gasteiger charge is -2.28. The largest absolute Gasteiger partial charge is 0.377 e. The minimum atomic E-state index is -0.145. The molecule has 1 aromatic carbocycles. The van der Waals surface area contributed by atoms with Crippen molar-refractivity contribution in [3.05, 3.63) is 34.1 Å². The van der Waals surface area contributed by atoms with Gasteiger partial charge in [-0.2, -0.15) is 0 Å². The third-order valence-electron chi connectivity index (χ3n) is 3.51. The average molecular weight is 360 g/mol. The number of hydrogen-bond donors (Lipinski definition) is 1. The van der Waals surface area contributed by atoms with E-state index in [1.165, 1.54) is 6.07 Å². The molecule has 4 heteroatoms. The molecule has 2 atom stereocenters. The Labute approximate surface area is 136 Å². The molecule has 0 spiro atoms. The molecule has 0 aliphatic carbocycles. The van der Waals surface area contributed by atoms with E-state index in [-0.39, 0.29) is 18.0 Å². The Morgan fingerprint density at radius 3 is 2.62 bits per heavy atom. The highest BCUT2D eigenvalue weighted by atomic mass is 79.9. The third kappa shape index (κ3) is 6.45. The standard InChI is InChI=1S/C17H27BrFNO/c1-4-7-17(21-6-3)16(20-10-5-2)12-13-11-14(18)8-9-15(13)19/h8-9,11,16-17,20H,4-7,10,12H2,1-3H3. The van der Waals surface area contributed by atoms with Gasteiger partial charge in [0.25, 0.3) is 0 Å². The van der Waals surface area contributed by atoms with Crippen molar-refractivity contribution in [2.45, 2.75) is 58.6 Å². The second-order valence-electron chi connectivity index (χ2n) is 5.28. The Bertz CT molecular complexity index is 408. The molecule has 0 aliphatic rings. The van der Waals surface area contributed by atoms with Gasteiger partial charge in [-0.1, -0.05) is 36.2 Å². The molecule has 1 aromatic rings. The summed E-state index contributed by atoms with van der Waals surface area (Å²) in [5, 5.41) is 3.53. The maximum absolute atomic E-state index is 14.0. The first-order valence-electron chi connectivity index (χ1n) is 7.91. The summed E-state index contributed by atoms with van der Waals surface area (Å²) in [7, 11) is 0. The molecule has 0 amide bonds. The number of halogens is 2. The van der Waals surface area contributed by atoms with Crippen molar-refractivity contribution < 1.29 is 9.13 Å². The highest BCUT2D eigenvalue weighted by Crippen LogP contribution is 2.20. The van der Waals surface area contributed by atoms with Gasteiger partial charge in [-0.05, 0) is 56.5 Å². The highest BCUT2D eigenvalue weighted by molar-refractivity contribution is 9.10. The molecule has 2 nitrogen and oxygen atoms in total. The number of benzene rings is 1. The molecular weight excluding hydrogens is 333 g/mol. The molecular formula is C17H27BrFNO. The molecule has 0 radical (unpaired) electrons. The Morgan fingerprint density at radius 2 is 2.00 bits per heavy atom. The highest BCUT2D eigenvalue weighted by Gasteiger charge is 2.22. The lowest BCUT2D eigenvalue weighted by atomic mass is 9.97. The third-order valence-corrected chi connectivity index (χ3v) is 4.00. The number of ether oxygens (including phenoxy) is 1. The van der Waals surface area contributed by atoms with Crippen molar-refractivity contribution in [3.63, 3.8) is 0 Å². The van der Waals surface area contributed by atoms with Gasteiger partial charge >= 0.3 is 0 Å². The fourth-order valence-electron chi connectivity index (χ4n) is 2.50. The summed E-state index contributed by atoms with van der Waals surface area (Å²) in [6.45, 7) is 7.92. The molecule has 0 aliphatic heterocycles. The van der Waals surface area contributed by atoms with E-state index in [2.05, 4.69) is 35.1 Å². The van der Waals surface area contributed by atoms with E-state index in [4.69, 9.17) is 4.74 Å². The van der Waals surface area contributed by atoms with Crippen molar-refractivity contribution in [2.24, 2.45) is 0 Å². The van der Waals surface area contributed by atoms with Crippen LogP contribution < -0.4 is 5.32 Å². The Hall–Kier alpha value is -0.450. The predicted octanol–water partition coefficient (Wildman–Crippen LogP) is 4.70. The predicted molar refractivity (Wildman–Crippen MR) is 90.2 cm³/mol. The number of hydrogen-bond acceptors (Lipinski definition) is 2. The molecule has 2 unspecified atom stereocenters. The van der Waals surface area contributed by atoms with Crippen LogP contribution >= 0.6 is 15.9 Å². The summed E-state index contributed by atoms with van der Waals surface area (Å²) in [4.78, 5) is 0. The fourth-order valence-corrected chi connectivity index (χ4v) is 2.91. The van der Waals surface area contributed by atoms with Gasteiger partial charge in [0.15, 0.2) is 0 Å². The summed E-state index contributed by atoms with van der Waals surface area (Å²) in [6, 6.07) is 5.27. The molecule has 0 saturated heterocycles. The smallest absolute Gasteiger partial charge is 0.126 e. The summed E-state index contributed by atoms with van der Waals surface area (Å²) in [6.07, 6.45) is 3.89. The molecule has 21 heavy (non-hydrogen) atoms. The normalized spacial score (nSPS) is 14.1. The monoisotopic (exact) mass is 359 g/mol. The van der Waals surface area contributed by atoms with Gasteiger partial charge in [0.1, 0.15) is 5.82 Å². The van der Waals surface area contributed by atoms with E-state index in [1.54, 1.807) is 6.07 Å². The first kappa shape index (κ1) is 18.6. The Kier molecular flexibility index (Phi) is 9.13. The topological polar surface area (TPSA) is 21.3 Å². The minimum Gasteiger partial charge on any atom is -0.377 e. The number of nitrogens with one attached hydrogen (secondary N) is 1. The van der Waals surface area contributed by atoms with Crippen LogP contribution in [0.15, 0.2) is 22.7 Å². The zero-order valence-corrected chi connectivity index (χ0v) is 14.9. The maximum atomic E-state index is 14.0. The Balaban J connectivity index is 2.86. The van der Waals surface area contributed by atoms with Crippen LogP contribution in [0.2, 0.25) is 0 Å². The molecule has 0 saturated carbocycles. The molecule has 0 aromatic heterocycles. The maximum Gasteiger partial charge on any atom is 0.126 e. The van der Waals surface area contributed by atoms with Gasteiger partial charge < -0.3 is 10.1 Å². The van der Waals surface area contributed by atoms with E-state index >= 15 is 0 Å². The first-order chi connectivity index (χ1) is 10.1. The molecule has 1 N–H and O–H groups in total. The molecule has 120 valence electrons. The van der Waals surface area contributed by atoms with Crippen LogP contribution in [0.3, 0.4) is 0 Å². The van der Waals surface area contributed by atoms with Gasteiger partial charge in [-0.3, -0.25) is 0 Å². The summed E-state index contributed by atoms with van der Waals surface area (Å²) in [5.41, 5.74) is 0.735. The van der Waals surface area contributed by atoms with E-state index < -0.39 is 0 Å². The lowest BCUT2D eigenvalue weighted by molar-refractivity contribution is 0.0280. The second-order valence-corrected chi connectivity index (χ2v) is 6.20. The minimum absolute atomic E-state index is 0.130. The van der Waals surface area contributed by atoms with E-state index in [0.717, 1.165) is 35.8 Å². The Morgan fingerprint density at radius 1 is 1.24 bits per heavy atom. The zero-order chi connectivity index (χ0) is 15.7. The quantitative estimate of drug-likeness (QED) is 0.653. The van der Waals surface area contributed by atoms with Crippen molar-refractivity contribution >= 4 is 15.9 Å². The van der Waals surface area contributed by atoms with Crippen molar-refractivity contribution in [1.29, 1.82) is 0 Å². The van der Waals surface area contributed by atoms with Crippen LogP contribution in [0.4, 0.5) is 4.39 Å². The van der Waals surface area contributed by atoms with Crippen LogP contribution in [0.5, 0.6) is 0 Å². The zero-order valence-electron chi connectivity index (χ0n) is 13.3.